The third-order valence-electron chi connectivity index (χ3n) is 4.77. The third-order valence-corrected chi connectivity index (χ3v) is 4.77. The van der Waals surface area contributed by atoms with Crippen LogP contribution in [0.4, 0.5) is 21.9 Å². The van der Waals surface area contributed by atoms with Crippen molar-refractivity contribution in [3.8, 4) is 5.75 Å². The van der Waals surface area contributed by atoms with Crippen molar-refractivity contribution < 1.29 is 19.2 Å². The first-order valence-corrected chi connectivity index (χ1v) is 10.9. The zero-order valence-electron chi connectivity index (χ0n) is 20.0. The Morgan fingerprint density at radius 3 is 2.36 bits per heavy atom. The lowest BCUT2D eigenvalue weighted by Gasteiger charge is -2.21. The van der Waals surface area contributed by atoms with Gasteiger partial charge in [-0.15, -0.1) is 0 Å². The zero-order chi connectivity index (χ0) is 24.4. The average Bonchev–Trinajstić information content (AvgIpc) is 2.75. The number of rotatable bonds is 11. The van der Waals surface area contributed by atoms with E-state index in [2.05, 4.69) is 10.6 Å². The molecule has 2 aromatic carbocycles. The Hall–Kier alpha value is -3.49. The topological polar surface area (TPSA) is 106 Å². The summed E-state index contributed by atoms with van der Waals surface area (Å²) in [6.07, 6.45) is 1.01. The van der Waals surface area contributed by atoms with Crippen molar-refractivity contribution in [3.05, 3.63) is 58.1 Å². The van der Waals surface area contributed by atoms with Crippen molar-refractivity contribution in [1.29, 1.82) is 0 Å². The van der Waals surface area contributed by atoms with Crippen molar-refractivity contribution in [2.24, 2.45) is 0 Å². The molecular formula is C24H34N4O5. The quantitative estimate of drug-likeness (QED) is 0.279. The first-order valence-electron chi connectivity index (χ1n) is 10.9. The van der Waals surface area contributed by atoms with E-state index in [-0.39, 0.29) is 10.6 Å². The SMILES string of the molecule is COc1ccc(CN(C)c2cccc(NCCCCNC(=O)OC(C)(C)C)c2[N+](=O)[O-])cc1. The molecule has 33 heavy (non-hydrogen) atoms. The van der Waals surface area contributed by atoms with Gasteiger partial charge in [-0.05, 0) is 63.4 Å². The highest BCUT2D eigenvalue weighted by Crippen LogP contribution is 2.35. The number of nitro benzene ring substituents is 1. The molecule has 2 N–H and O–H groups in total. The number of ether oxygens (including phenoxy) is 2. The number of para-hydroxylation sites is 1. The van der Waals surface area contributed by atoms with E-state index in [0.717, 1.165) is 24.2 Å². The summed E-state index contributed by atoms with van der Waals surface area (Å²) < 4.78 is 10.4. The molecule has 1 amide bonds. The van der Waals surface area contributed by atoms with E-state index in [9.17, 15) is 14.9 Å². The molecule has 0 bridgehead atoms. The Morgan fingerprint density at radius 2 is 1.76 bits per heavy atom. The maximum atomic E-state index is 11.9. The molecule has 180 valence electrons. The van der Waals surface area contributed by atoms with Crippen LogP contribution in [0, 0.1) is 10.1 Å². The van der Waals surface area contributed by atoms with Crippen LogP contribution in [-0.2, 0) is 11.3 Å². The number of carbonyl (C=O) groups excluding carboxylic acids is 1. The van der Waals surface area contributed by atoms with Gasteiger partial charge in [0.25, 0.3) is 0 Å². The van der Waals surface area contributed by atoms with Crippen LogP contribution in [0.15, 0.2) is 42.5 Å². The van der Waals surface area contributed by atoms with Crippen molar-refractivity contribution in [2.45, 2.75) is 45.8 Å². The molecule has 9 heteroatoms. The van der Waals surface area contributed by atoms with Crippen LogP contribution in [-0.4, -0.2) is 43.9 Å². The molecule has 0 aliphatic heterocycles. The van der Waals surface area contributed by atoms with E-state index >= 15 is 0 Å². The molecule has 2 aromatic rings. The number of hydrogen-bond acceptors (Lipinski definition) is 7. The Bertz CT molecular complexity index is 925. The number of alkyl carbamates (subject to hydrolysis) is 1. The first kappa shape index (κ1) is 25.8. The van der Waals surface area contributed by atoms with Gasteiger partial charge in [-0.2, -0.15) is 0 Å². The summed E-state index contributed by atoms with van der Waals surface area (Å²) >= 11 is 0. The zero-order valence-corrected chi connectivity index (χ0v) is 20.0. The molecule has 0 fully saturated rings. The molecule has 0 spiro atoms. The van der Waals surface area contributed by atoms with Gasteiger partial charge in [0, 0.05) is 26.7 Å². The summed E-state index contributed by atoms with van der Waals surface area (Å²) in [5, 5.41) is 17.7. The van der Waals surface area contributed by atoms with Crippen LogP contribution in [0.2, 0.25) is 0 Å². The number of methoxy groups -OCH3 is 1. The third kappa shape index (κ3) is 8.51. The number of unbranched alkanes of at least 4 members (excludes halogenated alkanes) is 1. The fourth-order valence-electron chi connectivity index (χ4n) is 3.24. The summed E-state index contributed by atoms with van der Waals surface area (Å²) in [5.74, 6) is 0.764. The van der Waals surface area contributed by atoms with Crippen LogP contribution in [0.25, 0.3) is 0 Å². The van der Waals surface area contributed by atoms with Crippen LogP contribution in [0.3, 0.4) is 0 Å². The van der Waals surface area contributed by atoms with Gasteiger partial charge in [0.2, 0.25) is 0 Å². The van der Waals surface area contributed by atoms with Gasteiger partial charge in [-0.1, -0.05) is 18.2 Å². The Morgan fingerprint density at radius 1 is 1.09 bits per heavy atom. The smallest absolute Gasteiger partial charge is 0.407 e. The minimum atomic E-state index is -0.532. The second-order valence-corrected chi connectivity index (χ2v) is 8.70. The number of carbonyl (C=O) groups is 1. The second-order valence-electron chi connectivity index (χ2n) is 8.70. The van der Waals surface area contributed by atoms with Gasteiger partial charge >= 0.3 is 11.8 Å². The largest absolute Gasteiger partial charge is 0.497 e. The maximum Gasteiger partial charge on any atom is 0.407 e. The normalized spacial score (nSPS) is 10.9. The molecule has 9 nitrogen and oxygen atoms in total. The monoisotopic (exact) mass is 458 g/mol. The predicted octanol–water partition coefficient (Wildman–Crippen LogP) is 4.96. The second kappa shape index (κ2) is 11.9. The summed E-state index contributed by atoms with van der Waals surface area (Å²) in [6.45, 7) is 6.97. The van der Waals surface area contributed by atoms with Crippen molar-refractivity contribution in [2.75, 3.05) is 37.5 Å². The van der Waals surface area contributed by atoms with Gasteiger partial charge < -0.3 is 25.0 Å². The lowest BCUT2D eigenvalue weighted by atomic mass is 10.1. The predicted molar refractivity (Wildman–Crippen MR) is 130 cm³/mol. The van der Waals surface area contributed by atoms with E-state index in [4.69, 9.17) is 9.47 Å². The van der Waals surface area contributed by atoms with Crippen LogP contribution in [0.1, 0.15) is 39.2 Å². The Labute approximate surface area is 195 Å². The van der Waals surface area contributed by atoms with Gasteiger partial charge in [-0.25, -0.2) is 4.79 Å². The van der Waals surface area contributed by atoms with E-state index in [1.807, 2.05) is 57.0 Å². The molecule has 0 unspecified atom stereocenters. The summed E-state index contributed by atoms with van der Waals surface area (Å²) in [7, 11) is 3.44. The van der Waals surface area contributed by atoms with Crippen LogP contribution >= 0.6 is 0 Å². The van der Waals surface area contributed by atoms with Gasteiger partial charge in [-0.3, -0.25) is 10.1 Å². The molecule has 0 aliphatic carbocycles. The number of benzene rings is 2. The molecule has 0 heterocycles. The molecule has 0 atom stereocenters. The van der Waals surface area contributed by atoms with Gasteiger partial charge in [0.05, 0.1) is 12.0 Å². The summed E-state index contributed by atoms with van der Waals surface area (Å²) in [4.78, 5) is 25.0. The number of amides is 1. The molecule has 0 saturated heterocycles. The first-order chi connectivity index (χ1) is 15.6. The lowest BCUT2D eigenvalue weighted by Crippen LogP contribution is -2.33. The van der Waals surface area contributed by atoms with Crippen molar-refractivity contribution in [3.63, 3.8) is 0 Å². The number of nitro groups is 1. The number of nitrogens with one attached hydrogen (secondary N) is 2. The van der Waals surface area contributed by atoms with E-state index in [1.54, 1.807) is 25.3 Å². The standard InChI is InChI=1S/C24H34N4O5/c1-24(2,3)33-23(29)26-16-7-6-15-25-20-9-8-10-21(22(20)28(30)31)27(4)17-18-11-13-19(32-5)14-12-18/h8-14,25H,6-7,15-17H2,1-5H3,(H,26,29). The maximum absolute atomic E-state index is 11.9. The molecule has 0 saturated carbocycles. The highest BCUT2D eigenvalue weighted by molar-refractivity contribution is 5.77. The number of anilines is 2. The lowest BCUT2D eigenvalue weighted by molar-refractivity contribution is -0.383. The van der Waals surface area contributed by atoms with Crippen molar-refractivity contribution in [1.82, 2.24) is 5.32 Å². The Kier molecular flexibility index (Phi) is 9.32. The Balaban J connectivity index is 1.93. The minimum absolute atomic E-state index is 0.0420. The molecule has 2 rings (SSSR count). The highest BCUT2D eigenvalue weighted by atomic mass is 16.6. The van der Waals surface area contributed by atoms with Crippen molar-refractivity contribution >= 4 is 23.2 Å². The van der Waals surface area contributed by atoms with Crippen LogP contribution < -0.4 is 20.3 Å². The molecular weight excluding hydrogens is 424 g/mol. The van der Waals surface area contributed by atoms with E-state index in [1.165, 1.54) is 0 Å². The number of hydrogen-bond donors (Lipinski definition) is 2. The highest BCUT2D eigenvalue weighted by Gasteiger charge is 2.22. The summed E-state index contributed by atoms with van der Waals surface area (Å²) in [6, 6.07) is 12.9. The van der Waals surface area contributed by atoms with Gasteiger partial charge in [0.15, 0.2) is 0 Å². The molecule has 0 aliphatic rings. The van der Waals surface area contributed by atoms with Gasteiger partial charge in [0.1, 0.15) is 22.7 Å². The molecule has 0 aromatic heterocycles. The summed E-state index contributed by atoms with van der Waals surface area (Å²) in [5.41, 5.74) is 1.53. The minimum Gasteiger partial charge on any atom is -0.497 e. The fraction of sp³-hybridized carbons (Fsp3) is 0.458. The van der Waals surface area contributed by atoms with E-state index in [0.29, 0.717) is 31.0 Å². The fourth-order valence-corrected chi connectivity index (χ4v) is 3.24. The number of nitrogens with zero attached hydrogens (tertiary/aromatic N) is 2. The van der Waals surface area contributed by atoms with Crippen LogP contribution in [0.5, 0.6) is 5.75 Å². The average molecular weight is 459 g/mol. The molecule has 0 radical (unpaired) electrons. The van der Waals surface area contributed by atoms with E-state index < -0.39 is 11.7 Å².